The number of rotatable bonds is 6. The van der Waals surface area contributed by atoms with E-state index in [1.165, 1.54) is 11.1 Å². The Morgan fingerprint density at radius 2 is 2.10 bits per heavy atom. The number of hydrogen-bond donors (Lipinski definition) is 1. The molecular formula is C16H25NO2S. The predicted octanol–water partition coefficient (Wildman–Crippen LogP) is 2.44. The van der Waals surface area contributed by atoms with Gasteiger partial charge in [0, 0.05) is 29.2 Å². The summed E-state index contributed by atoms with van der Waals surface area (Å²) in [5.74, 6) is 0.653. The number of ether oxygens (including phenoxy) is 1. The minimum Gasteiger partial charge on any atom is -0.377 e. The lowest BCUT2D eigenvalue weighted by Gasteiger charge is -2.20. The molecule has 112 valence electrons. The van der Waals surface area contributed by atoms with Gasteiger partial charge in [0.2, 0.25) is 0 Å². The van der Waals surface area contributed by atoms with Gasteiger partial charge in [0.05, 0.1) is 11.4 Å². The molecule has 3 nitrogen and oxygen atoms in total. The molecule has 1 N–H and O–H groups in total. The first-order valence-corrected chi connectivity index (χ1v) is 8.78. The zero-order chi connectivity index (χ0) is 14.5. The van der Waals surface area contributed by atoms with E-state index in [2.05, 4.69) is 36.5 Å². The lowest BCUT2D eigenvalue weighted by atomic mass is 10.1. The molecule has 1 aliphatic heterocycles. The van der Waals surface area contributed by atoms with Gasteiger partial charge in [-0.2, -0.15) is 0 Å². The summed E-state index contributed by atoms with van der Waals surface area (Å²) in [6.45, 7) is 4.92. The smallest absolute Gasteiger partial charge is 0.0691 e. The summed E-state index contributed by atoms with van der Waals surface area (Å²) in [6.07, 6.45) is 2.09. The van der Waals surface area contributed by atoms with Crippen LogP contribution >= 0.6 is 0 Å². The lowest BCUT2D eigenvalue weighted by Crippen LogP contribution is -2.31. The average molecular weight is 295 g/mol. The Hall–Kier alpha value is -0.710. The third kappa shape index (κ3) is 3.68. The molecule has 1 aromatic rings. The van der Waals surface area contributed by atoms with E-state index in [-0.39, 0.29) is 17.4 Å². The largest absolute Gasteiger partial charge is 0.377 e. The van der Waals surface area contributed by atoms with Gasteiger partial charge in [-0.15, -0.1) is 0 Å². The average Bonchev–Trinajstić information content (AvgIpc) is 2.91. The molecule has 1 saturated heterocycles. The van der Waals surface area contributed by atoms with E-state index in [1.807, 2.05) is 14.0 Å². The normalized spacial score (nSPS) is 25.6. The molecule has 1 heterocycles. The summed E-state index contributed by atoms with van der Waals surface area (Å²) in [7, 11) is 1.08. The van der Waals surface area contributed by atoms with Crippen molar-refractivity contribution < 1.29 is 8.95 Å². The SMILES string of the molecule is CCc1ccc(C(CS(=O)C2CCOC2C)NC)cc1. The summed E-state index contributed by atoms with van der Waals surface area (Å²) in [5, 5.41) is 3.47. The van der Waals surface area contributed by atoms with Crippen LogP contribution in [0, 0.1) is 0 Å². The maximum atomic E-state index is 12.5. The first-order chi connectivity index (χ1) is 9.65. The van der Waals surface area contributed by atoms with Crippen molar-refractivity contribution in [1.82, 2.24) is 5.32 Å². The summed E-state index contributed by atoms with van der Waals surface area (Å²) in [6, 6.07) is 8.75. The second-order valence-electron chi connectivity index (χ2n) is 5.39. The van der Waals surface area contributed by atoms with Crippen LogP contribution in [0.25, 0.3) is 0 Å². The van der Waals surface area contributed by atoms with Crippen LogP contribution in [-0.2, 0) is 22.0 Å². The lowest BCUT2D eigenvalue weighted by molar-refractivity contribution is 0.127. The van der Waals surface area contributed by atoms with Gasteiger partial charge in [0.1, 0.15) is 0 Å². The van der Waals surface area contributed by atoms with Crippen molar-refractivity contribution in [3.05, 3.63) is 35.4 Å². The van der Waals surface area contributed by atoms with Gasteiger partial charge in [0.25, 0.3) is 0 Å². The van der Waals surface area contributed by atoms with Crippen LogP contribution in [0.1, 0.15) is 37.4 Å². The molecule has 4 heteroatoms. The van der Waals surface area contributed by atoms with E-state index >= 15 is 0 Å². The first-order valence-electron chi connectivity index (χ1n) is 7.40. The van der Waals surface area contributed by atoms with Crippen LogP contribution in [0.15, 0.2) is 24.3 Å². The summed E-state index contributed by atoms with van der Waals surface area (Å²) in [5.41, 5.74) is 2.55. The molecule has 0 radical (unpaired) electrons. The zero-order valence-electron chi connectivity index (χ0n) is 12.6. The van der Waals surface area contributed by atoms with Gasteiger partial charge in [-0.3, -0.25) is 4.21 Å². The highest BCUT2D eigenvalue weighted by Gasteiger charge is 2.30. The molecule has 0 bridgehead atoms. The van der Waals surface area contributed by atoms with E-state index in [1.54, 1.807) is 0 Å². The van der Waals surface area contributed by atoms with Gasteiger partial charge < -0.3 is 10.1 Å². The van der Waals surface area contributed by atoms with Crippen LogP contribution in [0.4, 0.5) is 0 Å². The van der Waals surface area contributed by atoms with E-state index in [4.69, 9.17) is 4.74 Å². The van der Waals surface area contributed by atoms with E-state index in [9.17, 15) is 4.21 Å². The molecule has 2 rings (SSSR count). The molecule has 1 fully saturated rings. The summed E-state index contributed by atoms with van der Waals surface area (Å²) < 4.78 is 18.0. The van der Waals surface area contributed by atoms with E-state index in [0.29, 0.717) is 5.75 Å². The number of hydrogen-bond acceptors (Lipinski definition) is 3. The van der Waals surface area contributed by atoms with Crippen molar-refractivity contribution in [2.75, 3.05) is 19.4 Å². The number of aryl methyl sites for hydroxylation is 1. The Balaban J connectivity index is 2.02. The molecule has 4 atom stereocenters. The molecule has 1 aromatic carbocycles. The highest BCUT2D eigenvalue weighted by atomic mass is 32.2. The summed E-state index contributed by atoms with van der Waals surface area (Å²) >= 11 is 0. The third-order valence-corrected chi connectivity index (χ3v) is 6.07. The van der Waals surface area contributed by atoms with Crippen LogP contribution in [-0.4, -0.2) is 35.0 Å². The highest BCUT2D eigenvalue weighted by molar-refractivity contribution is 7.85. The fourth-order valence-electron chi connectivity index (χ4n) is 2.68. The molecule has 0 spiro atoms. The molecule has 0 amide bonds. The summed E-state index contributed by atoms with van der Waals surface area (Å²) in [4.78, 5) is 0. The van der Waals surface area contributed by atoms with Crippen molar-refractivity contribution in [3.8, 4) is 0 Å². The van der Waals surface area contributed by atoms with Crippen LogP contribution in [0.3, 0.4) is 0 Å². The number of nitrogens with one attached hydrogen (secondary N) is 1. The monoisotopic (exact) mass is 295 g/mol. The molecule has 0 aliphatic carbocycles. The zero-order valence-corrected chi connectivity index (χ0v) is 13.4. The molecule has 1 aliphatic rings. The Kier molecular flexibility index (Phi) is 5.75. The third-order valence-electron chi connectivity index (χ3n) is 4.11. The number of benzene rings is 1. The Bertz CT molecular complexity index is 446. The van der Waals surface area contributed by atoms with Crippen molar-refractivity contribution in [2.24, 2.45) is 0 Å². The molecular weight excluding hydrogens is 270 g/mol. The van der Waals surface area contributed by atoms with Crippen molar-refractivity contribution >= 4 is 10.8 Å². The maximum absolute atomic E-state index is 12.5. The molecule has 0 saturated carbocycles. The highest BCUT2D eigenvalue weighted by Crippen LogP contribution is 2.23. The molecule has 20 heavy (non-hydrogen) atoms. The van der Waals surface area contributed by atoms with Crippen molar-refractivity contribution in [1.29, 1.82) is 0 Å². The predicted molar refractivity (Wildman–Crippen MR) is 84.4 cm³/mol. The van der Waals surface area contributed by atoms with Gasteiger partial charge in [-0.1, -0.05) is 31.2 Å². The van der Waals surface area contributed by atoms with Crippen molar-refractivity contribution in [3.63, 3.8) is 0 Å². The second kappa shape index (κ2) is 7.34. The van der Waals surface area contributed by atoms with Crippen molar-refractivity contribution in [2.45, 2.75) is 44.1 Å². The maximum Gasteiger partial charge on any atom is 0.0691 e. The van der Waals surface area contributed by atoms with Gasteiger partial charge in [0.15, 0.2) is 0 Å². The second-order valence-corrected chi connectivity index (χ2v) is 7.09. The van der Waals surface area contributed by atoms with Gasteiger partial charge in [-0.25, -0.2) is 0 Å². The fraction of sp³-hybridized carbons (Fsp3) is 0.625. The standard InChI is InChI=1S/C16H25NO2S/c1-4-13-5-7-14(8-6-13)15(17-3)11-20(18)16-9-10-19-12(16)2/h5-8,12,15-17H,4,9-11H2,1-3H3. The quantitative estimate of drug-likeness (QED) is 0.876. The molecule has 0 aromatic heterocycles. The van der Waals surface area contributed by atoms with Gasteiger partial charge >= 0.3 is 0 Å². The van der Waals surface area contributed by atoms with Gasteiger partial charge in [-0.05, 0) is 37.9 Å². The Morgan fingerprint density at radius 3 is 2.60 bits per heavy atom. The van der Waals surface area contributed by atoms with Crippen LogP contribution in [0.5, 0.6) is 0 Å². The minimum atomic E-state index is -0.851. The van der Waals surface area contributed by atoms with E-state index in [0.717, 1.165) is 19.4 Å². The molecule has 4 unspecified atom stereocenters. The topological polar surface area (TPSA) is 38.3 Å². The minimum absolute atomic E-state index is 0.121. The van der Waals surface area contributed by atoms with Crippen LogP contribution in [0.2, 0.25) is 0 Å². The van der Waals surface area contributed by atoms with Crippen LogP contribution < -0.4 is 5.32 Å². The Labute approximate surface area is 124 Å². The van der Waals surface area contributed by atoms with E-state index < -0.39 is 10.8 Å². The Morgan fingerprint density at radius 1 is 1.40 bits per heavy atom. The fourth-order valence-corrected chi connectivity index (χ4v) is 4.48. The first kappa shape index (κ1) is 15.7.